The van der Waals surface area contributed by atoms with Gasteiger partial charge in [-0.15, -0.1) is 0 Å². The van der Waals surface area contributed by atoms with E-state index < -0.39 is 0 Å². The van der Waals surface area contributed by atoms with Crippen LogP contribution >= 0.6 is 0 Å². The van der Waals surface area contributed by atoms with Crippen molar-refractivity contribution in [1.82, 2.24) is 5.32 Å². The first-order valence-corrected chi connectivity index (χ1v) is 4.50. The number of hydrogen-bond acceptors (Lipinski definition) is 3. The number of nitrogens with two attached hydrogens (primary N) is 1. The Morgan fingerprint density at radius 1 is 1.50 bits per heavy atom. The van der Waals surface area contributed by atoms with Crippen molar-refractivity contribution < 1.29 is 0 Å². The summed E-state index contributed by atoms with van der Waals surface area (Å²) in [4.78, 5) is 0. The molecule has 3 N–H and O–H groups in total. The van der Waals surface area contributed by atoms with Crippen molar-refractivity contribution in [3.63, 3.8) is 0 Å². The molecule has 0 aliphatic carbocycles. The number of nitrogens with zero attached hydrogens (tertiary/aromatic N) is 1. The molecule has 0 aliphatic heterocycles. The highest BCUT2D eigenvalue weighted by Gasteiger charge is 2.09. The Bertz CT molecular complexity index is 137. The minimum atomic E-state index is 0.531. The zero-order chi connectivity index (χ0) is 9.40. The molecule has 0 amide bonds. The molecule has 12 heavy (non-hydrogen) atoms. The van der Waals surface area contributed by atoms with E-state index in [1.54, 1.807) is 0 Å². The monoisotopic (exact) mass is 169 g/mol. The van der Waals surface area contributed by atoms with Gasteiger partial charge in [0, 0.05) is 13.0 Å². The molecule has 0 saturated carbocycles. The van der Waals surface area contributed by atoms with E-state index in [-0.39, 0.29) is 0 Å². The maximum absolute atomic E-state index is 8.28. The van der Waals surface area contributed by atoms with Gasteiger partial charge in [-0.05, 0) is 24.9 Å². The van der Waals surface area contributed by atoms with Gasteiger partial charge in [-0.3, -0.25) is 0 Å². The average Bonchev–Trinajstić information content (AvgIpc) is 2.04. The van der Waals surface area contributed by atoms with E-state index in [2.05, 4.69) is 25.2 Å². The van der Waals surface area contributed by atoms with Gasteiger partial charge in [0.1, 0.15) is 0 Å². The molecule has 3 heteroatoms. The fourth-order valence-electron chi connectivity index (χ4n) is 1.02. The van der Waals surface area contributed by atoms with E-state index in [9.17, 15) is 0 Å². The van der Waals surface area contributed by atoms with Crippen LogP contribution in [0.15, 0.2) is 0 Å². The first-order valence-electron chi connectivity index (χ1n) is 4.50. The summed E-state index contributed by atoms with van der Waals surface area (Å²) in [6, 6.07) is 2.09. The molecule has 0 heterocycles. The second kappa shape index (κ2) is 7.08. The maximum atomic E-state index is 8.28. The van der Waals surface area contributed by atoms with Crippen molar-refractivity contribution in [2.24, 2.45) is 17.6 Å². The lowest BCUT2D eigenvalue weighted by Crippen LogP contribution is -2.32. The minimum Gasteiger partial charge on any atom is -0.330 e. The van der Waals surface area contributed by atoms with Crippen LogP contribution in [0.1, 0.15) is 20.3 Å². The predicted molar refractivity (Wildman–Crippen MR) is 50.5 cm³/mol. The lowest BCUT2D eigenvalue weighted by molar-refractivity contribution is 0.373. The lowest BCUT2D eigenvalue weighted by atomic mass is 9.96. The van der Waals surface area contributed by atoms with Crippen LogP contribution in [0.4, 0.5) is 0 Å². The first-order chi connectivity index (χ1) is 5.72. The molecule has 0 bridgehead atoms. The van der Waals surface area contributed by atoms with Crippen LogP contribution in [-0.2, 0) is 0 Å². The number of hydrogen-bond donors (Lipinski definition) is 2. The zero-order valence-corrected chi connectivity index (χ0v) is 8.01. The molecular weight excluding hydrogens is 150 g/mol. The van der Waals surface area contributed by atoms with Crippen LogP contribution in [0, 0.1) is 23.2 Å². The van der Waals surface area contributed by atoms with E-state index in [4.69, 9.17) is 11.0 Å². The van der Waals surface area contributed by atoms with Gasteiger partial charge in [0.05, 0.1) is 6.07 Å². The molecule has 0 aromatic carbocycles. The normalized spacial score (nSPS) is 12.9. The maximum Gasteiger partial charge on any atom is 0.0635 e. The predicted octanol–water partition coefficient (Wildman–Crippen LogP) is 0.721. The summed E-state index contributed by atoms with van der Waals surface area (Å²) in [5.41, 5.74) is 5.58. The van der Waals surface area contributed by atoms with Crippen LogP contribution in [0.5, 0.6) is 0 Å². The fourth-order valence-corrected chi connectivity index (χ4v) is 1.02. The molecule has 0 radical (unpaired) electrons. The van der Waals surface area contributed by atoms with Crippen molar-refractivity contribution >= 4 is 0 Å². The standard InChI is InChI=1S/C9H19N3/c1-8(2)9(6-11)7-12-5-3-4-10/h8-9,12H,3,5-7,11H2,1-2H3. The molecule has 70 valence electrons. The molecule has 0 aromatic heterocycles. The molecule has 0 fully saturated rings. The molecule has 1 atom stereocenters. The van der Waals surface area contributed by atoms with Crippen LogP contribution in [-0.4, -0.2) is 19.6 Å². The average molecular weight is 169 g/mol. The van der Waals surface area contributed by atoms with E-state index in [1.165, 1.54) is 0 Å². The summed E-state index contributed by atoms with van der Waals surface area (Å²) in [5, 5.41) is 11.5. The topological polar surface area (TPSA) is 61.8 Å². The minimum absolute atomic E-state index is 0.531. The number of rotatable bonds is 6. The molecule has 0 rings (SSSR count). The molecule has 0 spiro atoms. The lowest BCUT2D eigenvalue weighted by Gasteiger charge is -2.18. The molecule has 0 aliphatic rings. The Morgan fingerprint density at radius 3 is 2.58 bits per heavy atom. The largest absolute Gasteiger partial charge is 0.330 e. The van der Waals surface area contributed by atoms with Gasteiger partial charge in [0.2, 0.25) is 0 Å². The van der Waals surface area contributed by atoms with Crippen molar-refractivity contribution in [1.29, 1.82) is 5.26 Å². The van der Waals surface area contributed by atoms with Crippen LogP contribution in [0.25, 0.3) is 0 Å². The van der Waals surface area contributed by atoms with Gasteiger partial charge in [-0.1, -0.05) is 13.8 Å². The van der Waals surface area contributed by atoms with E-state index in [0.29, 0.717) is 18.3 Å². The van der Waals surface area contributed by atoms with Gasteiger partial charge in [-0.25, -0.2) is 0 Å². The SMILES string of the molecule is CC(C)C(CN)CNCCC#N. The second-order valence-electron chi connectivity index (χ2n) is 3.35. The summed E-state index contributed by atoms with van der Waals surface area (Å²) in [5.74, 6) is 1.15. The van der Waals surface area contributed by atoms with E-state index in [1.807, 2.05) is 0 Å². The Hall–Kier alpha value is -0.590. The first kappa shape index (κ1) is 11.4. The fraction of sp³-hybridized carbons (Fsp3) is 0.889. The summed E-state index contributed by atoms with van der Waals surface area (Å²) >= 11 is 0. The second-order valence-corrected chi connectivity index (χ2v) is 3.35. The number of nitrogens with one attached hydrogen (secondary N) is 1. The third-order valence-corrected chi connectivity index (χ3v) is 2.07. The van der Waals surface area contributed by atoms with Crippen LogP contribution < -0.4 is 11.1 Å². The molecule has 3 nitrogen and oxygen atoms in total. The Morgan fingerprint density at radius 2 is 2.17 bits per heavy atom. The van der Waals surface area contributed by atoms with Gasteiger partial charge < -0.3 is 11.1 Å². The van der Waals surface area contributed by atoms with Crippen molar-refractivity contribution in [3.8, 4) is 6.07 Å². The van der Waals surface area contributed by atoms with E-state index in [0.717, 1.165) is 19.6 Å². The third-order valence-electron chi connectivity index (χ3n) is 2.07. The Kier molecular flexibility index (Phi) is 6.73. The smallest absolute Gasteiger partial charge is 0.0635 e. The highest BCUT2D eigenvalue weighted by atomic mass is 14.9. The zero-order valence-electron chi connectivity index (χ0n) is 8.01. The third kappa shape index (κ3) is 5.11. The van der Waals surface area contributed by atoms with Crippen LogP contribution in [0.3, 0.4) is 0 Å². The number of nitriles is 1. The molecular formula is C9H19N3. The highest BCUT2D eigenvalue weighted by Crippen LogP contribution is 2.06. The van der Waals surface area contributed by atoms with Crippen molar-refractivity contribution in [2.75, 3.05) is 19.6 Å². The summed E-state index contributed by atoms with van der Waals surface area (Å²) < 4.78 is 0. The van der Waals surface area contributed by atoms with Crippen LogP contribution in [0.2, 0.25) is 0 Å². The highest BCUT2D eigenvalue weighted by molar-refractivity contribution is 4.72. The van der Waals surface area contributed by atoms with Crippen molar-refractivity contribution in [3.05, 3.63) is 0 Å². The Labute approximate surface area is 74.9 Å². The molecule has 0 saturated heterocycles. The summed E-state index contributed by atoms with van der Waals surface area (Å²) in [6.45, 7) is 6.76. The van der Waals surface area contributed by atoms with Gasteiger partial charge >= 0.3 is 0 Å². The Balaban J connectivity index is 3.40. The van der Waals surface area contributed by atoms with Gasteiger partial charge in [0.25, 0.3) is 0 Å². The summed E-state index contributed by atoms with van der Waals surface area (Å²) in [7, 11) is 0. The van der Waals surface area contributed by atoms with Gasteiger partial charge in [-0.2, -0.15) is 5.26 Å². The molecule has 0 aromatic rings. The van der Waals surface area contributed by atoms with Crippen molar-refractivity contribution in [2.45, 2.75) is 20.3 Å². The van der Waals surface area contributed by atoms with E-state index >= 15 is 0 Å². The summed E-state index contributed by atoms with van der Waals surface area (Å²) in [6.07, 6.45) is 0.579. The quantitative estimate of drug-likeness (QED) is 0.576. The van der Waals surface area contributed by atoms with Gasteiger partial charge in [0.15, 0.2) is 0 Å². The molecule has 1 unspecified atom stereocenters.